The van der Waals surface area contributed by atoms with Crippen LogP contribution in [0.5, 0.6) is 0 Å². The predicted molar refractivity (Wildman–Crippen MR) is 178 cm³/mol. The van der Waals surface area contributed by atoms with Crippen LogP contribution in [0.1, 0.15) is 24.4 Å². The van der Waals surface area contributed by atoms with E-state index in [1.807, 2.05) is 24.4 Å². The molecular formula is C35H39N7O3. The van der Waals surface area contributed by atoms with Crippen LogP contribution in [-0.4, -0.2) is 89.0 Å². The van der Waals surface area contributed by atoms with Gasteiger partial charge in [-0.2, -0.15) is 0 Å². The summed E-state index contributed by atoms with van der Waals surface area (Å²) in [5.74, 6) is 0.776. The standard InChI is InChI=1S/C35H39N7O3/c43-16-18-45-17-15-40-11-13-41(14-12-40)26-8-10-32-31(21-26)38-34-28-20-25(37-24-5-6-24)7-9-30(28)39-35(44)33(42(32)34)19-23-22-36-29-4-2-1-3-27(23)29/h1-4,7-10,20-22,24,33,36-37,43H,5-6,11-19H2,(H,39,44). The highest BCUT2D eigenvalue weighted by Gasteiger charge is 2.33. The number of nitrogens with zero attached hydrogens (tertiary/aromatic N) is 4. The largest absolute Gasteiger partial charge is 0.394 e. The highest BCUT2D eigenvalue weighted by Crippen LogP contribution is 2.41. The quantitative estimate of drug-likeness (QED) is 0.172. The van der Waals surface area contributed by atoms with Gasteiger partial charge >= 0.3 is 0 Å². The molecule has 10 heteroatoms. The maximum absolute atomic E-state index is 14.1. The van der Waals surface area contributed by atoms with Crippen molar-refractivity contribution in [2.24, 2.45) is 0 Å². The molecule has 1 unspecified atom stereocenters. The number of para-hydroxylation sites is 1. The summed E-state index contributed by atoms with van der Waals surface area (Å²) in [5.41, 5.74) is 7.96. The van der Waals surface area contributed by atoms with Gasteiger partial charge in [0, 0.05) is 79.2 Å². The second-order valence-corrected chi connectivity index (χ2v) is 12.4. The molecule has 1 atom stereocenters. The van der Waals surface area contributed by atoms with Gasteiger partial charge in [0.2, 0.25) is 5.91 Å². The lowest BCUT2D eigenvalue weighted by Gasteiger charge is -2.36. The van der Waals surface area contributed by atoms with E-state index in [1.54, 1.807) is 0 Å². The second kappa shape index (κ2) is 11.8. The number of benzene rings is 3. The fourth-order valence-corrected chi connectivity index (χ4v) is 6.80. The summed E-state index contributed by atoms with van der Waals surface area (Å²) in [6, 6.07) is 21.0. The fourth-order valence-electron chi connectivity index (χ4n) is 6.80. The highest BCUT2D eigenvalue weighted by atomic mass is 16.5. The number of imidazole rings is 1. The minimum absolute atomic E-state index is 0.0364. The first-order chi connectivity index (χ1) is 22.1. The summed E-state index contributed by atoms with van der Waals surface area (Å²) in [7, 11) is 0. The number of ether oxygens (including phenoxy) is 1. The van der Waals surface area contributed by atoms with Gasteiger partial charge in [0.15, 0.2) is 0 Å². The van der Waals surface area contributed by atoms with E-state index in [0.29, 0.717) is 25.7 Å². The molecule has 3 aromatic carbocycles. The number of aliphatic hydroxyl groups is 1. The summed E-state index contributed by atoms with van der Waals surface area (Å²) in [6.07, 6.45) is 4.95. The molecule has 0 spiro atoms. The van der Waals surface area contributed by atoms with Crippen LogP contribution in [0, 0.1) is 0 Å². The van der Waals surface area contributed by atoms with Crippen molar-refractivity contribution in [3.8, 4) is 11.4 Å². The molecule has 45 heavy (non-hydrogen) atoms. The number of hydrogen-bond acceptors (Lipinski definition) is 7. The van der Waals surface area contributed by atoms with E-state index in [2.05, 4.69) is 72.4 Å². The molecule has 5 aromatic rings. The number of carbonyl (C=O) groups is 1. The van der Waals surface area contributed by atoms with Gasteiger partial charge in [0.25, 0.3) is 0 Å². The molecule has 0 bridgehead atoms. The summed E-state index contributed by atoms with van der Waals surface area (Å²) in [4.78, 5) is 27.5. The molecular weight excluding hydrogens is 566 g/mol. The maximum Gasteiger partial charge on any atom is 0.247 e. The van der Waals surface area contributed by atoms with Gasteiger partial charge in [-0.3, -0.25) is 9.69 Å². The van der Waals surface area contributed by atoms with E-state index < -0.39 is 6.04 Å². The third-order valence-electron chi connectivity index (χ3n) is 9.37. The number of nitrogens with one attached hydrogen (secondary N) is 3. The molecule has 232 valence electrons. The van der Waals surface area contributed by atoms with Crippen molar-refractivity contribution < 1.29 is 14.6 Å². The van der Waals surface area contributed by atoms with Crippen molar-refractivity contribution in [3.63, 3.8) is 0 Å². The number of fused-ring (bicyclic) bond motifs is 6. The lowest BCUT2D eigenvalue weighted by Crippen LogP contribution is -2.47. The number of aromatic amines is 1. The van der Waals surface area contributed by atoms with Gasteiger partial charge in [0.1, 0.15) is 11.9 Å². The normalized spacial score (nSPS) is 18.6. The van der Waals surface area contributed by atoms with E-state index >= 15 is 0 Å². The first kappa shape index (κ1) is 28.1. The monoisotopic (exact) mass is 605 g/mol. The van der Waals surface area contributed by atoms with E-state index in [0.717, 1.165) is 88.7 Å². The summed E-state index contributed by atoms with van der Waals surface area (Å²) in [5, 5.41) is 16.9. The Bertz CT molecular complexity index is 1850. The van der Waals surface area contributed by atoms with Gasteiger partial charge in [-0.1, -0.05) is 18.2 Å². The summed E-state index contributed by atoms with van der Waals surface area (Å²) in [6.45, 7) is 5.72. The third kappa shape index (κ3) is 5.54. The zero-order valence-electron chi connectivity index (χ0n) is 25.3. The number of carbonyl (C=O) groups excluding carboxylic acids is 1. The minimum Gasteiger partial charge on any atom is -0.394 e. The first-order valence-corrected chi connectivity index (χ1v) is 16.1. The molecule has 10 nitrogen and oxygen atoms in total. The molecule has 2 aromatic heterocycles. The van der Waals surface area contributed by atoms with Crippen LogP contribution in [0.2, 0.25) is 0 Å². The van der Waals surface area contributed by atoms with Crippen molar-refractivity contribution in [1.29, 1.82) is 0 Å². The van der Waals surface area contributed by atoms with Crippen LogP contribution in [0.25, 0.3) is 33.3 Å². The van der Waals surface area contributed by atoms with Crippen LogP contribution >= 0.6 is 0 Å². The molecule has 0 radical (unpaired) electrons. The van der Waals surface area contributed by atoms with E-state index in [1.165, 1.54) is 12.8 Å². The zero-order chi connectivity index (χ0) is 30.3. The molecule has 1 amide bonds. The van der Waals surface area contributed by atoms with E-state index in [9.17, 15) is 4.79 Å². The van der Waals surface area contributed by atoms with Crippen molar-refractivity contribution in [1.82, 2.24) is 19.4 Å². The molecule has 2 fully saturated rings. The smallest absolute Gasteiger partial charge is 0.247 e. The number of amides is 1. The Kier molecular flexibility index (Phi) is 7.40. The van der Waals surface area contributed by atoms with Crippen molar-refractivity contribution in [2.45, 2.75) is 31.3 Å². The van der Waals surface area contributed by atoms with Crippen LogP contribution in [0.15, 0.2) is 66.9 Å². The molecule has 4 N–H and O–H groups in total. The molecule has 4 heterocycles. The average molecular weight is 606 g/mol. The fraction of sp³-hybridized carbons (Fsp3) is 0.371. The van der Waals surface area contributed by atoms with Gasteiger partial charge in [0.05, 0.1) is 36.5 Å². The SMILES string of the molecule is O=C1Nc2ccc(NC3CC3)cc2-c2nc3cc(N4CCN(CCOCCO)CC4)ccc3n2C1Cc1c[nH]c2ccccc12. The summed E-state index contributed by atoms with van der Waals surface area (Å²) >= 11 is 0. The Hall–Kier alpha value is -4.38. The lowest BCUT2D eigenvalue weighted by atomic mass is 10.0. The van der Waals surface area contributed by atoms with Crippen molar-refractivity contribution >= 4 is 44.9 Å². The van der Waals surface area contributed by atoms with Gasteiger partial charge in [-0.15, -0.1) is 0 Å². The Morgan fingerprint density at radius 2 is 1.87 bits per heavy atom. The summed E-state index contributed by atoms with van der Waals surface area (Å²) < 4.78 is 7.63. The van der Waals surface area contributed by atoms with Crippen molar-refractivity contribution in [3.05, 3.63) is 72.4 Å². The number of anilines is 3. The number of aliphatic hydroxyl groups excluding tert-OH is 1. The molecule has 1 saturated carbocycles. The second-order valence-electron chi connectivity index (χ2n) is 12.4. The van der Waals surface area contributed by atoms with Crippen LogP contribution < -0.4 is 15.5 Å². The Balaban J connectivity index is 1.15. The Morgan fingerprint density at radius 3 is 2.71 bits per heavy atom. The molecule has 2 aliphatic heterocycles. The molecule has 3 aliphatic rings. The van der Waals surface area contributed by atoms with E-state index in [4.69, 9.17) is 14.8 Å². The number of aromatic nitrogens is 3. The maximum atomic E-state index is 14.1. The number of H-pyrrole nitrogens is 1. The zero-order valence-corrected chi connectivity index (χ0v) is 25.3. The number of piperazine rings is 1. The third-order valence-corrected chi connectivity index (χ3v) is 9.37. The van der Waals surface area contributed by atoms with E-state index in [-0.39, 0.29) is 12.5 Å². The predicted octanol–water partition coefficient (Wildman–Crippen LogP) is 4.63. The van der Waals surface area contributed by atoms with Crippen LogP contribution in [0.3, 0.4) is 0 Å². The molecule has 1 aliphatic carbocycles. The van der Waals surface area contributed by atoms with Crippen LogP contribution in [0.4, 0.5) is 17.1 Å². The van der Waals surface area contributed by atoms with Gasteiger partial charge < -0.3 is 34.9 Å². The van der Waals surface area contributed by atoms with Crippen LogP contribution in [-0.2, 0) is 16.0 Å². The topological polar surface area (TPSA) is 111 Å². The first-order valence-electron chi connectivity index (χ1n) is 16.1. The van der Waals surface area contributed by atoms with Gasteiger partial charge in [-0.25, -0.2) is 4.98 Å². The lowest BCUT2D eigenvalue weighted by molar-refractivity contribution is -0.119. The Labute approximate surface area is 262 Å². The molecule has 1 saturated heterocycles. The highest BCUT2D eigenvalue weighted by molar-refractivity contribution is 6.02. The number of hydrogen-bond donors (Lipinski definition) is 4. The average Bonchev–Trinajstić information content (AvgIpc) is 3.69. The van der Waals surface area contributed by atoms with Crippen molar-refractivity contribution in [2.75, 3.05) is 68.1 Å². The molecule has 8 rings (SSSR count). The Morgan fingerprint density at radius 1 is 1.00 bits per heavy atom. The minimum atomic E-state index is -0.473. The van der Waals surface area contributed by atoms with Gasteiger partial charge in [-0.05, 0) is 60.9 Å². The number of rotatable bonds is 10.